The second-order valence-electron chi connectivity index (χ2n) is 5.82. The highest BCUT2D eigenvalue weighted by Gasteiger charge is 2.19. The van der Waals surface area contributed by atoms with Gasteiger partial charge in [-0.15, -0.1) is 5.10 Å². The van der Waals surface area contributed by atoms with Gasteiger partial charge in [-0.25, -0.2) is 0 Å². The van der Waals surface area contributed by atoms with Crippen molar-refractivity contribution in [1.82, 2.24) is 30.3 Å². The van der Waals surface area contributed by atoms with Gasteiger partial charge in [0.2, 0.25) is 6.79 Å². The summed E-state index contributed by atoms with van der Waals surface area (Å²) in [6, 6.07) is 5.89. The lowest BCUT2D eigenvalue weighted by atomic mass is 10.1. The summed E-state index contributed by atoms with van der Waals surface area (Å²) in [4.78, 5) is 2.02. The predicted molar refractivity (Wildman–Crippen MR) is 98.4 cm³/mol. The van der Waals surface area contributed by atoms with Crippen LogP contribution in [0.1, 0.15) is 5.56 Å². The molecule has 9 nitrogen and oxygen atoms in total. The van der Waals surface area contributed by atoms with E-state index in [1.807, 2.05) is 17.0 Å². The lowest BCUT2D eigenvalue weighted by Gasteiger charge is -2.24. The number of nitrogens with one attached hydrogen (secondary N) is 1. The molecular formula is C16H18N6O3S. The summed E-state index contributed by atoms with van der Waals surface area (Å²) in [5, 5.41) is 16.8. The number of rotatable bonds is 5. The third-order valence-electron chi connectivity index (χ3n) is 4.26. The van der Waals surface area contributed by atoms with Crippen molar-refractivity contribution >= 4 is 33.9 Å². The number of hydrogen-bond donors (Lipinski definition) is 1. The molecule has 2 aromatic heterocycles. The van der Waals surface area contributed by atoms with Gasteiger partial charge in [0.1, 0.15) is 0 Å². The quantitative estimate of drug-likeness (QED) is 0.656. The molecule has 1 N–H and O–H groups in total. The van der Waals surface area contributed by atoms with E-state index in [1.54, 1.807) is 18.7 Å². The average molecular weight is 374 g/mol. The number of hydrogen-bond acceptors (Lipinski definition) is 7. The third kappa shape index (κ3) is 2.86. The fourth-order valence-corrected chi connectivity index (χ4v) is 3.14. The maximum Gasteiger partial charge on any atom is 0.231 e. The molecule has 0 unspecified atom stereocenters. The molecule has 4 rings (SSSR count). The highest BCUT2D eigenvalue weighted by molar-refractivity contribution is 7.80. The summed E-state index contributed by atoms with van der Waals surface area (Å²) < 4.78 is 17.9. The maximum atomic E-state index is 5.49. The van der Waals surface area contributed by atoms with Crippen LogP contribution in [-0.4, -0.2) is 64.2 Å². The van der Waals surface area contributed by atoms with E-state index < -0.39 is 0 Å². The van der Waals surface area contributed by atoms with Gasteiger partial charge in [0.25, 0.3) is 0 Å². The fraction of sp³-hybridized carbons (Fsp3) is 0.375. The van der Waals surface area contributed by atoms with Gasteiger partial charge < -0.3 is 24.4 Å². The molecule has 0 aliphatic carbocycles. The molecular weight excluding hydrogens is 356 g/mol. The monoisotopic (exact) mass is 374 g/mol. The fourth-order valence-electron chi connectivity index (χ4n) is 2.98. The van der Waals surface area contributed by atoms with Gasteiger partial charge >= 0.3 is 0 Å². The first-order chi connectivity index (χ1) is 12.7. The average Bonchev–Trinajstić information content (AvgIpc) is 3.31. The first-order valence-corrected chi connectivity index (χ1v) is 8.51. The molecule has 0 bridgehead atoms. The van der Waals surface area contributed by atoms with Crippen molar-refractivity contribution in [3.05, 3.63) is 23.8 Å². The summed E-state index contributed by atoms with van der Waals surface area (Å²) in [5.41, 5.74) is 2.49. The molecule has 0 saturated carbocycles. The van der Waals surface area contributed by atoms with Crippen LogP contribution >= 0.6 is 12.2 Å². The number of benzene rings is 1. The molecule has 0 amide bonds. The highest BCUT2D eigenvalue weighted by atomic mass is 32.1. The molecule has 1 aliphatic rings. The van der Waals surface area contributed by atoms with Crippen LogP contribution in [0.3, 0.4) is 0 Å². The number of ether oxygens (including phenoxy) is 3. The van der Waals surface area contributed by atoms with E-state index in [0.29, 0.717) is 36.2 Å². The van der Waals surface area contributed by atoms with E-state index in [9.17, 15) is 0 Å². The van der Waals surface area contributed by atoms with Crippen LogP contribution in [0.2, 0.25) is 0 Å². The van der Waals surface area contributed by atoms with E-state index in [2.05, 4.69) is 26.9 Å². The van der Waals surface area contributed by atoms with Crippen LogP contribution in [0.15, 0.2) is 18.2 Å². The Morgan fingerprint density at radius 2 is 2.15 bits per heavy atom. The summed E-state index contributed by atoms with van der Waals surface area (Å²) in [5.74, 6) is 1.41. The van der Waals surface area contributed by atoms with Gasteiger partial charge in [0.15, 0.2) is 22.3 Å². The molecule has 3 heterocycles. The molecule has 0 atom stereocenters. The highest BCUT2D eigenvalue weighted by Crippen LogP contribution is 2.36. The minimum Gasteiger partial charge on any atom is -0.454 e. The summed E-state index contributed by atoms with van der Waals surface area (Å²) >= 11 is 5.42. The molecule has 136 valence electrons. The van der Waals surface area contributed by atoms with Crippen molar-refractivity contribution in [2.75, 3.05) is 34.1 Å². The second kappa shape index (κ2) is 6.89. The minimum absolute atomic E-state index is 0.221. The Morgan fingerprint density at radius 1 is 1.35 bits per heavy atom. The third-order valence-corrected chi connectivity index (χ3v) is 4.73. The number of pyridine rings is 1. The largest absolute Gasteiger partial charge is 0.454 e. The summed E-state index contributed by atoms with van der Waals surface area (Å²) in [6.07, 6.45) is 0. The Balaban J connectivity index is 1.79. The molecule has 1 aliphatic heterocycles. The van der Waals surface area contributed by atoms with Crippen LogP contribution in [-0.2, 0) is 11.3 Å². The van der Waals surface area contributed by atoms with Gasteiger partial charge in [0, 0.05) is 44.3 Å². The number of nitrogens with zero attached hydrogens (tertiary/aromatic N) is 5. The van der Waals surface area contributed by atoms with Crippen molar-refractivity contribution in [3.63, 3.8) is 0 Å². The Kier molecular flexibility index (Phi) is 4.43. The second-order valence-corrected chi connectivity index (χ2v) is 6.20. The summed E-state index contributed by atoms with van der Waals surface area (Å²) in [7, 11) is 3.47. The minimum atomic E-state index is 0.221. The van der Waals surface area contributed by atoms with E-state index in [-0.39, 0.29) is 6.79 Å². The first-order valence-electron chi connectivity index (χ1n) is 8.10. The molecule has 0 radical (unpaired) electrons. The Morgan fingerprint density at radius 3 is 2.92 bits per heavy atom. The van der Waals surface area contributed by atoms with Gasteiger partial charge in [-0.05, 0) is 34.8 Å². The lowest BCUT2D eigenvalue weighted by Crippen LogP contribution is -2.39. The SMILES string of the molecule is CNC(=S)N(CCOC)Cc1cc2cc3c(cc2n2nnnc12)OCO3. The molecule has 1 aromatic carbocycles. The summed E-state index contributed by atoms with van der Waals surface area (Å²) in [6.45, 7) is 1.99. The number of tetrazole rings is 1. The first kappa shape index (κ1) is 16.7. The lowest BCUT2D eigenvalue weighted by molar-refractivity contribution is 0.174. The zero-order chi connectivity index (χ0) is 18.1. The topological polar surface area (TPSA) is 86.0 Å². The van der Waals surface area contributed by atoms with Crippen molar-refractivity contribution in [2.24, 2.45) is 0 Å². The normalized spacial score (nSPS) is 12.7. The van der Waals surface area contributed by atoms with Crippen LogP contribution < -0.4 is 14.8 Å². The molecule has 0 saturated heterocycles. The number of fused-ring (bicyclic) bond motifs is 4. The van der Waals surface area contributed by atoms with Crippen molar-refractivity contribution in [1.29, 1.82) is 0 Å². The molecule has 10 heteroatoms. The molecule has 0 fully saturated rings. The van der Waals surface area contributed by atoms with Gasteiger partial charge in [0.05, 0.1) is 12.1 Å². The Bertz CT molecular complexity index is 975. The van der Waals surface area contributed by atoms with Crippen molar-refractivity contribution in [3.8, 4) is 11.5 Å². The van der Waals surface area contributed by atoms with E-state index in [4.69, 9.17) is 26.4 Å². The standard InChI is InChI=1S/C16H18N6O3S/c1-17-16(26)21(3-4-23-2)8-11-5-10-6-13-14(25-9-24-13)7-12(10)22-15(11)18-19-20-22/h5-7H,3-4,8-9H2,1-2H3,(H,17,26). The van der Waals surface area contributed by atoms with Crippen LogP contribution in [0, 0.1) is 0 Å². The van der Waals surface area contributed by atoms with Gasteiger partial charge in [-0.3, -0.25) is 0 Å². The number of methoxy groups -OCH3 is 1. The predicted octanol–water partition coefficient (Wildman–Crippen LogP) is 0.959. The van der Waals surface area contributed by atoms with Crippen LogP contribution in [0.4, 0.5) is 0 Å². The van der Waals surface area contributed by atoms with Crippen LogP contribution in [0.25, 0.3) is 16.6 Å². The maximum absolute atomic E-state index is 5.49. The van der Waals surface area contributed by atoms with Gasteiger partial charge in [-0.1, -0.05) is 0 Å². The van der Waals surface area contributed by atoms with Crippen molar-refractivity contribution in [2.45, 2.75) is 6.54 Å². The molecule has 26 heavy (non-hydrogen) atoms. The van der Waals surface area contributed by atoms with Gasteiger partial charge in [-0.2, -0.15) is 4.52 Å². The zero-order valence-corrected chi connectivity index (χ0v) is 15.2. The smallest absolute Gasteiger partial charge is 0.231 e. The van der Waals surface area contributed by atoms with Crippen molar-refractivity contribution < 1.29 is 14.2 Å². The van der Waals surface area contributed by atoms with Crippen LogP contribution in [0.5, 0.6) is 11.5 Å². The zero-order valence-electron chi connectivity index (χ0n) is 14.4. The Labute approximate surface area is 154 Å². The number of thiocarbonyl (C=S) groups is 1. The molecule has 0 spiro atoms. The van der Waals surface area contributed by atoms with E-state index >= 15 is 0 Å². The van der Waals surface area contributed by atoms with E-state index in [0.717, 1.165) is 22.2 Å². The van der Waals surface area contributed by atoms with E-state index in [1.165, 1.54) is 0 Å². The number of aromatic nitrogens is 4. The Hall–Kier alpha value is -2.72. The molecule has 3 aromatic rings.